The summed E-state index contributed by atoms with van der Waals surface area (Å²) in [6, 6.07) is 0. The third-order valence-corrected chi connectivity index (χ3v) is 3.99. The Morgan fingerprint density at radius 3 is 1.69 bits per heavy atom. The van der Waals surface area contributed by atoms with Gasteiger partial charge in [-0.2, -0.15) is 0 Å². The van der Waals surface area contributed by atoms with E-state index in [9.17, 15) is 9.59 Å². The SMILES string of the molecule is CC(OCCOCCOCCCCCCCCCCCC(=O)O)C(=O)O. The van der Waals surface area contributed by atoms with Crippen LogP contribution >= 0.6 is 0 Å². The molecule has 0 aliphatic heterocycles. The molecule has 0 amide bonds. The van der Waals surface area contributed by atoms with Crippen molar-refractivity contribution < 1.29 is 34.0 Å². The Morgan fingerprint density at radius 1 is 0.692 bits per heavy atom. The van der Waals surface area contributed by atoms with Crippen molar-refractivity contribution in [1.82, 2.24) is 0 Å². The van der Waals surface area contributed by atoms with Crippen LogP contribution in [0.3, 0.4) is 0 Å². The van der Waals surface area contributed by atoms with Gasteiger partial charge in [0.1, 0.15) is 0 Å². The molecule has 0 rings (SSSR count). The second kappa shape index (κ2) is 18.6. The smallest absolute Gasteiger partial charge is 0.332 e. The van der Waals surface area contributed by atoms with Crippen LogP contribution in [0.25, 0.3) is 0 Å². The Balaban J connectivity index is 3.07. The molecule has 1 unspecified atom stereocenters. The van der Waals surface area contributed by atoms with E-state index in [1.165, 1.54) is 39.0 Å². The summed E-state index contributed by atoms with van der Waals surface area (Å²) in [4.78, 5) is 20.9. The number of carboxylic acid groups (broad SMARTS) is 2. The van der Waals surface area contributed by atoms with Gasteiger partial charge in [-0.1, -0.05) is 44.9 Å². The lowest BCUT2D eigenvalue weighted by Crippen LogP contribution is -2.22. The van der Waals surface area contributed by atoms with Gasteiger partial charge in [0.25, 0.3) is 0 Å². The maximum Gasteiger partial charge on any atom is 0.332 e. The normalized spacial score (nSPS) is 12.2. The van der Waals surface area contributed by atoms with Gasteiger partial charge in [0.15, 0.2) is 6.10 Å². The number of ether oxygens (including phenoxy) is 3. The van der Waals surface area contributed by atoms with Gasteiger partial charge < -0.3 is 24.4 Å². The van der Waals surface area contributed by atoms with E-state index in [2.05, 4.69) is 0 Å². The second-order valence-electron chi connectivity index (χ2n) is 6.40. The van der Waals surface area contributed by atoms with E-state index in [0.29, 0.717) is 26.2 Å². The van der Waals surface area contributed by atoms with Crippen LogP contribution < -0.4 is 0 Å². The third-order valence-electron chi connectivity index (χ3n) is 3.99. The highest BCUT2D eigenvalue weighted by Crippen LogP contribution is 2.10. The highest BCUT2D eigenvalue weighted by molar-refractivity contribution is 5.71. The molecular formula is C19H36O7. The number of unbranched alkanes of at least 4 members (excludes halogenated alkanes) is 8. The fourth-order valence-corrected chi connectivity index (χ4v) is 2.39. The molecule has 7 heteroatoms. The van der Waals surface area contributed by atoms with E-state index in [0.717, 1.165) is 32.3 Å². The van der Waals surface area contributed by atoms with Crippen LogP contribution in [0.5, 0.6) is 0 Å². The van der Waals surface area contributed by atoms with E-state index < -0.39 is 18.0 Å². The lowest BCUT2D eigenvalue weighted by molar-refractivity contribution is -0.150. The summed E-state index contributed by atoms with van der Waals surface area (Å²) in [5, 5.41) is 17.2. The lowest BCUT2D eigenvalue weighted by Gasteiger charge is -2.09. The number of hydrogen-bond acceptors (Lipinski definition) is 5. The van der Waals surface area contributed by atoms with Crippen molar-refractivity contribution in [3.8, 4) is 0 Å². The average molecular weight is 376 g/mol. The Morgan fingerprint density at radius 2 is 1.15 bits per heavy atom. The number of rotatable bonds is 20. The molecule has 0 fully saturated rings. The van der Waals surface area contributed by atoms with Crippen LogP contribution in [0, 0.1) is 0 Å². The first-order valence-corrected chi connectivity index (χ1v) is 9.75. The zero-order chi connectivity index (χ0) is 19.5. The predicted molar refractivity (Wildman–Crippen MR) is 98.5 cm³/mol. The van der Waals surface area contributed by atoms with Crippen molar-refractivity contribution in [2.24, 2.45) is 0 Å². The molecule has 2 N–H and O–H groups in total. The van der Waals surface area contributed by atoms with Crippen LogP contribution in [-0.2, 0) is 23.8 Å². The number of carbonyl (C=O) groups is 2. The van der Waals surface area contributed by atoms with Crippen LogP contribution in [0.15, 0.2) is 0 Å². The highest BCUT2D eigenvalue weighted by atomic mass is 16.6. The third kappa shape index (κ3) is 19.1. The summed E-state index contributed by atoms with van der Waals surface area (Å²) in [7, 11) is 0. The van der Waals surface area contributed by atoms with Gasteiger partial charge in [-0.15, -0.1) is 0 Å². The molecule has 1 atom stereocenters. The maximum atomic E-state index is 10.5. The number of hydrogen-bond donors (Lipinski definition) is 2. The van der Waals surface area contributed by atoms with E-state index in [4.69, 9.17) is 24.4 Å². The van der Waals surface area contributed by atoms with Crippen LogP contribution in [-0.4, -0.2) is 61.3 Å². The first-order valence-electron chi connectivity index (χ1n) is 9.75. The molecule has 26 heavy (non-hydrogen) atoms. The van der Waals surface area contributed by atoms with Crippen molar-refractivity contribution in [3.63, 3.8) is 0 Å². The zero-order valence-electron chi connectivity index (χ0n) is 16.1. The monoisotopic (exact) mass is 376 g/mol. The molecule has 0 bridgehead atoms. The number of carboxylic acids is 2. The molecule has 0 aromatic rings. The number of aliphatic carboxylic acids is 2. The van der Waals surface area contributed by atoms with E-state index in [1.807, 2.05) is 0 Å². The summed E-state index contributed by atoms with van der Waals surface area (Å²) in [6.07, 6.45) is 9.54. The fraction of sp³-hybridized carbons (Fsp3) is 0.895. The van der Waals surface area contributed by atoms with Gasteiger partial charge in [-0.3, -0.25) is 4.79 Å². The molecule has 0 aromatic heterocycles. The van der Waals surface area contributed by atoms with Crippen LogP contribution in [0.2, 0.25) is 0 Å². The van der Waals surface area contributed by atoms with E-state index in [-0.39, 0.29) is 6.61 Å². The first kappa shape index (κ1) is 24.8. The Hall–Kier alpha value is -1.18. The van der Waals surface area contributed by atoms with Gasteiger partial charge in [0.05, 0.1) is 26.4 Å². The average Bonchev–Trinajstić information content (AvgIpc) is 2.60. The summed E-state index contributed by atoms with van der Waals surface area (Å²) in [5.74, 6) is -1.66. The molecular weight excluding hydrogens is 340 g/mol. The van der Waals surface area contributed by atoms with E-state index in [1.54, 1.807) is 0 Å². The van der Waals surface area contributed by atoms with Crippen molar-refractivity contribution in [2.45, 2.75) is 77.2 Å². The lowest BCUT2D eigenvalue weighted by atomic mass is 10.1. The van der Waals surface area contributed by atoms with Gasteiger partial charge in [-0.25, -0.2) is 4.79 Å². The molecule has 0 aliphatic rings. The minimum absolute atomic E-state index is 0.271. The minimum Gasteiger partial charge on any atom is -0.481 e. The maximum absolute atomic E-state index is 10.5. The van der Waals surface area contributed by atoms with Crippen molar-refractivity contribution >= 4 is 11.9 Å². The predicted octanol–water partition coefficient (Wildman–Crippen LogP) is 3.49. The van der Waals surface area contributed by atoms with Crippen molar-refractivity contribution in [1.29, 1.82) is 0 Å². The molecule has 0 saturated heterocycles. The highest BCUT2D eigenvalue weighted by Gasteiger charge is 2.09. The Kier molecular flexibility index (Phi) is 17.8. The quantitative estimate of drug-likeness (QED) is 0.314. The molecule has 0 saturated carbocycles. The fourth-order valence-electron chi connectivity index (χ4n) is 2.39. The summed E-state index contributed by atoms with van der Waals surface area (Å²) < 4.78 is 15.8. The zero-order valence-corrected chi connectivity index (χ0v) is 16.1. The van der Waals surface area contributed by atoms with Gasteiger partial charge in [0, 0.05) is 13.0 Å². The minimum atomic E-state index is -0.968. The standard InChI is InChI=1S/C19H36O7/c1-17(19(22)23)26-16-15-25-14-13-24-12-10-8-6-4-2-3-5-7-9-11-18(20)21/h17H,2-16H2,1H3,(H,20,21)(H,22,23). The first-order chi connectivity index (χ1) is 12.5. The largest absolute Gasteiger partial charge is 0.481 e. The second-order valence-corrected chi connectivity index (χ2v) is 6.40. The van der Waals surface area contributed by atoms with Gasteiger partial charge in [0.2, 0.25) is 0 Å². The molecule has 0 aromatic carbocycles. The molecule has 0 aliphatic carbocycles. The van der Waals surface area contributed by atoms with Gasteiger partial charge in [-0.05, 0) is 19.8 Å². The molecule has 0 radical (unpaired) electrons. The van der Waals surface area contributed by atoms with Gasteiger partial charge >= 0.3 is 11.9 Å². The molecule has 154 valence electrons. The van der Waals surface area contributed by atoms with Crippen molar-refractivity contribution in [2.75, 3.05) is 33.0 Å². The molecule has 0 spiro atoms. The summed E-state index contributed by atoms with van der Waals surface area (Å²) >= 11 is 0. The Bertz CT molecular complexity index is 347. The van der Waals surface area contributed by atoms with Crippen molar-refractivity contribution in [3.05, 3.63) is 0 Å². The van der Waals surface area contributed by atoms with E-state index >= 15 is 0 Å². The Labute approximate surface area is 157 Å². The topological polar surface area (TPSA) is 102 Å². The summed E-state index contributed by atoms with van der Waals surface area (Å²) in [5.41, 5.74) is 0. The molecule has 7 nitrogen and oxygen atoms in total. The van der Waals surface area contributed by atoms with Crippen LogP contribution in [0.1, 0.15) is 71.1 Å². The molecule has 0 heterocycles. The summed E-state index contributed by atoms with van der Waals surface area (Å²) in [6.45, 7) is 3.92. The van der Waals surface area contributed by atoms with Crippen LogP contribution in [0.4, 0.5) is 0 Å².